The van der Waals surface area contributed by atoms with Gasteiger partial charge in [0.15, 0.2) is 0 Å². The zero-order valence-electron chi connectivity index (χ0n) is 10.9. The highest BCUT2D eigenvalue weighted by Crippen LogP contribution is 2.28. The highest BCUT2D eigenvalue weighted by molar-refractivity contribution is 6.20. The van der Waals surface area contributed by atoms with Gasteiger partial charge in [0.1, 0.15) is 11.6 Å². The summed E-state index contributed by atoms with van der Waals surface area (Å²) in [5.74, 6) is -0.938. The van der Waals surface area contributed by atoms with Gasteiger partial charge in [-0.1, -0.05) is 18.2 Å². The maximum atomic E-state index is 13.6. The fraction of sp³-hybridized carbons (Fsp3) is 0.250. The van der Waals surface area contributed by atoms with Crippen molar-refractivity contribution < 1.29 is 8.78 Å². The average molecular weight is 281 g/mol. The van der Waals surface area contributed by atoms with Crippen LogP contribution in [0.2, 0.25) is 0 Å². The maximum absolute atomic E-state index is 13.6. The molecule has 0 spiro atoms. The second-order valence-corrected chi connectivity index (χ2v) is 5.28. The predicted octanol–water partition coefficient (Wildman–Crippen LogP) is 5.10. The van der Waals surface area contributed by atoms with E-state index in [-0.39, 0.29) is 5.56 Å². The van der Waals surface area contributed by atoms with Crippen LogP contribution in [0, 0.1) is 25.5 Å². The van der Waals surface area contributed by atoms with Gasteiger partial charge in [-0.05, 0) is 55.2 Å². The lowest BCUT2D eigenvalue weighted by atomic mass is 10.00. The van der Waals surface area contributed by atoms with Gasteiger partial charge < -0.3 is 0 Å². The van der Waals surface area contributed by atoms with Crippen LogP contribution in [0.25, 0.3) is 0 Å². The topological polar surface area (TPSA) is 0 Å². The third kappa shape index (κ3) is 3.32. The Bertz CT molecular complexity index is 593. The van der Waals surface area contributed by atoms with Gasteiger partial charge in [0.2, 0.25) is 0 Å². The number of halogens is 3. The van der Waals surface area contributed by atoms with Crippen molar-refractivity contribution >= 4 is 11.6 Å². The van der Waals surface area contributed by atoms with E-state index in [1.54, 1.807) is 0 Å². The molecule has 0 aromatic heterocycles. The molecule has 2 aromatic rings. The predicted molar refractivity (Wildman–Crippen MR) is 74.6 cm³/mol. The molecule has 0 fully saturated rings. The Kier molecular flexibility index (Phi) is 4.20. The van der Waals surface area contributed by atoms with Crippen molar-refractivity contribution in [1.29, 1.82) is 0 Å². The highest BCUT2D eigenvalue weighted by atomic mass is 35.5. The molecule has 100 valence electrons. The summed E-state index contributed by atoms with van der Waals surface area (Å²) in [4.78, 5) is 0. The van der Waals surface area contributed by atoms with E-state index in [1.807, 2.05) is 32.0 Å². The summed E-state index contributed by atoms with van der Waals surface area (Å²) >= 11 is 6.20. The van der Waals surface area contributed by atoms with Gasteiger partial charge in [0, 0.05) is 5.56 Å². The zero-order valence-corrected chi connectivity index (χ0v) is 11.6. The first-order chi connectivity index (χ1) is 8.97. The number of hydrogen-bond donors (Lipinski definition) is 0. The van der Waals surface area contributed by atoms with Crippen LogP contribution in [0.3, 0.4) is 0 Å². The molecule has 2 aromatic carbocycles. The van der Waals surface area contributed by atoms with E-state index in [0.29, 0.717) is 6.42 Å². The van der Waals surface area contributed by atoms with Crippen LogP contribution in [0.1, 0.15) is 27.6 Å². The van der Waals surface area contributed by atoms with E-state index in [9.17, 15) is 8.78 Å². The second-order valence-electron chi connectivity index (χ2n) is 4.76. The van der Waals surface area contributed by atoms with E-state index in [4.69, 9.17) is 11.6 Å². The normalized spacial score (nSPS) is 12.5. The van der Waals surface area contributed by atoms with Crippen LogP contribution in [0.4, 0.5) is 8.78 Å². The number of alkyl halides is 1. The fourth-order valence-electron chi connectivity index (χ4n) is 2.00. The minimum atomic E-state index is -0.571. The Labute approximate surface area is 117 Å². The molecule has 0 nitrogen and oxygen atoms in total. The van der Waals surface area contributed by atoms with Crippen LogP contribution in [-0.2, 0) is 6.42 Å². The SMILES string of the molecule is Cc1ccc(CC(Cl)c2cc(F)ccc2F)cc1C. The van der Waals surface area contributed by atoms with Crippen LogP contribution < -0.4 is 0 Å². The molecule has 0 aliphatic rings. The molecule has 0 amide bonds. The van der Waals surface area contributed by atoms with E-state index >= 15 is 0 Å². The van der Waals surface area contributed by atoms with Crippen molar-refractivity contribution in [2.45, 2.75) is 25.6 Å². The molecule has 0 N–H and O–H groups in total. The molecule has 0 bridgehead atoms. The first-order valence-corrected chi connectivity index (χ1v) is 6.56. The summed E-state index contributed by atoms with van der Waals surface area (Å²) in [6.45, 7) is 4.05. The van der Waals surface area contributed by atoms with Crippen LogP contribution in [-0.4, -0.2) is 0 Å². The van der Waals surface area contributed by atoms with Crippen LogP contribution in [0.15, 0.2) is 36.4 Å². The molecule has 1 unspecified atom stereocenters. The van der Waals surface area contributed by atoms with Crippen LogP contribution >= 0.6 is 11.6 Å². The largest absolute Gasteiger partial charge is 0.207 e. The van der Waals surface area contributed by atoms with E-state index < -0.39 is 17.0 Å². The molecule has 19 heavy (non-hydrogen) atoms. The number of benzene rings is 2. The van der Waals surface area contributed by atoms with Crippen molar-refractivity contribution in [3.63, 3.8) is 0 Å². The van der Waals surface area contributed by atoms with Gasteiger partial charge in [-0.2, -0.15) is 0 Å². The lowest BCUT2D eigenvalue weighted by Gasteiger charge is -2.12. The van der Waals surface area contributed by atoms with Crippen molar-refractivity contribution in [3.8, 4) is 0 Å². The zero-order chi connectivity index (χ0) is 14.0. The van der Waals surface area contributed by atoms with Crippen molar-refractivity contribution in [1.82, 2.24) is 0 Å². The molecule has 0 heterocycles. The first-order valence-electron chi connectivity index (χ1n) is 6.12. The Morgan fingerprint density at radius 2 is 1.74 bits per heavy atom. The summed E-state index contributed by atoms with van der Waals surface area (Å²) in [6, 6.07) is 9.37. The molecular formula is C16H15ClF2. The minimum Gasteiger partial charge on any atom is -0.207 e. The average Bonchev–Trinajstić information content (AvgIpc) is 2.36. The number of hydrogen-bond acceptors (Lipinski definition) is 0. The first kappa shape index (κ1) is 14.0. The quantitative estimate of drug-likeness (QED) is 0.686. The van der Waals surface area contributed by atoms with E-state index in [2.05, 4.69) is 0 Å². The Morgan fingerprint density at radius 3 is 2.42 bits per heavy atom. The van der Waals surface area contributed by atoms with Gasteiger partial charge in [-0.3, -0.25) is 0 Å². The molecule has 1 atom stereocenters. The molecular weight excluding hydrogens is 266 g/mol. The molecule has 0 aliphatic heterocycles. The van der Waals surface area contributed by atoms with Crippen LogP contribution in [0.5, 0.6) is 0 Å². The van der Waals surface area contributed by atoms with Crippen molar-refractivity contribution in [2.75, 3.05) is 0 Å². The molecule has 0 radical (unpaired) electrons. The lowest BCUT2D eigenvalue weighted by molar-refractivity contribution is 0.582. The third-order valence-corrected chi connectivity index (χ3v) is 3.67. The van der Waals surface area contributed by atoms with Gasteiger partial charge in [-0.25, -0.2) is 8.78 Å². The molecule has 3 heteroatoms. The Hall–Kier alpha value is -1.41. The van der Waals surface area contributed by atoms with E-state index in [1.165, 1.54) is 11.1 Å². The Morgan fingerprint density at radius 1 is 1.00 bits per heavy atom. The Balaban J connectivity index is 2.22. The third-order valence-electron chi connectivity index (χ3n) is 3.28. The summed E-state index contributed by atoms with van der Waals surface area (Å²) in [5, 5.41) is -0.571. The van der Waals surface area contributed by atoms with Gasteiger partial charge in [0.05, 0.1) is 5.38 Å². The summed E-state index contributed by atoms with van der Waals surface area (Å²) in [6.07, 6.45) is 0.475. The number of aryl methyl sites for hydroxylation is 2. The van der Waals surface area contributed by atoms with Gasteiger partial charge in [0.25, 0.3) is 0 Å². The van der Waals surface area contributed by atoms with Gasteiger partial charge >= 0.3 is 0 Å². The second kappa shape index (κ2) is 5.70. The lowest BCUT2D eigenvalue weighted by Crippen LogP contribution is -2.00. The van der Waals surface area contributed by atoms with Crippen molar-refractivity contribution in [2.24, 2.45) is 0 Å². The monoisotopic (exact) mass is 280 g/mol. The van der Waals surface area contributed by atoms with Crippen molar-refractivity contribution in [3.05, 3.63) is 70.3 Å². The summed E-state index contributed by atoms with van der Waals surface area (Å²) < 4.78 is 26.8. The standard InChI is InChI=1S/C16H15ClF2/c1-10-3-4-12(7-11(10)2)8-15(17)14-9-13(18)5-6-16(14)19/h3-7,9,15H,8H2,1-2H3. The molecule has 0 saturated carbocycles. The molecule has 0 aliphatic carbocycles. The maximum Gasteiger partial charge on any atom is 0.128 e. The van der Waals surface area contributed by atoms with Gasteiger partial charge in [-0.15, -0.1) is 11.6 Å². The molecule has 2 rings (SSSR count). The number of rotatable bonds is 3. The smallest absolute Gasteiger partial charge is 0.128 e. The summed E-state index contributed by atoms with van der Waals surface area (Å²) in [7, 11) is 0. The summed E-state index contributed by atoms with van der Waals surface area (Å²) in [5.41, 5.74) is 3.60. The van der Waals surface area contributed by atoms with E-state index in [0.717, 1.165) is 23.8 Å². The highest BCUT2D eigenvalue weighted by Gasteiger charge is 2.15. The fourth-order valence-corrected chi connectivity index (χ4v) is 2.35. The molecule has 0 saturated heterocycles. The minimum absolute atomic E-state index is 0.208.